The van der Waals surface area contributed by atoms with Crippen LogP contribution in [0.2, 0.25) is 0 Å². The molecule has 1 heterocycles. The summed E-state index contributed by atoms with van der Waals surface area (Å²) >= 11 is 0. The predicted octanol–water partition coefficient (Wildman–Crippen LogP) is 3.17. The minimum absolute atomic E-state index is 0.0689. The molecular weight excluding hydrogens is 294 g/mol. The van der Waals surface area contributed by atoms with Crippen LogP contribution in [0.25, 0.3) is 0 Å². The summed E-state index contributed by atoms with van der Waals surface area (Å²) in [6.07, 6.45) is 1.65. The molecule has 0 atom stereocenters. The van der Waals surface area contributed by atoms with Crippen molar-refractivity contribution in [2.24, 2.45) is 0 Å². The number of Topliss-reactive ketones (excluding diaryl/α,β-unsaturated/α-hetero) is 1. The molecule has 5 heteroatoms. The van der Waals surface area contributed by atoms with Crippen LogP contribution in [0.4, 0.5) is 4.79 Å². The Labute approximate surface area is 137 Å². The maximum Gasteiger partial charge on any atom is 0.410 e. The largest absolute Gasteiger partial charge is 0.448 e. The number of carbonyl (C=O) groups excluding carboxylic acids is 2. The number of nitrogens with zero attached hydrogens (tertiary/aromatic N) is 1. The molecule has 0 aliphatic carbocycles. The van der Waals surface area contributed by atoms with Gasteiger partial charge in [-0.3, -0.25) is 9.69 Å². The lowest BCUT2D eigenvalue weighted by molar-refractivity contribution is -0.127. The first-order valence-electron chi connectivity index (χ1n) is 8.11. The van der Waals surface area contributed by atoms with Crippen molar-refractivity contribution in [1.82, 2.24) is 4.90 Å². The minimum Gasteiger partial charge on any atom is -0.448 e. The Kier molecular flexibility index (Phi) is 6.16. The van der Waals surface area contributed by atoms with E-state index in [1.54, 1.807) is 13.8 Å². The fourth-order valence-corrected chi connectivity index (χ4v) is 2.61. The molecule has 1 aromatic rings. The first-order valence-corrected chi connectivity index (χ1v) is 8.11. The number of hydrogen-bond donors (Lipinski definition) is 0. The second kappa shape index (κ2) is 8.11. The van der Waals surface area contributed by atoms with Crippen LogP contribution < -0.4 is 0 Å². The van der Waals surface area contributed by atoms with Crippen LogP contribution >= 0.6 is 0 Å². The number of carbonyl (C=O) groups is 2. The maximum atomic E-state index is 12.4. The van der Waals surface area contributed by atoms with Crippen LogP contribution in [0, 0.1) is 0 Å². The molecule has 0 aromatic heterocycles. The highest BCUT2D eigenvalue weighted by Gasteiger charge is 2.40. The van der Waals surface area contributed by atoms with E-state index in [9.17, 15) is 9.59 Å². The summed E-state index contributed by atoms with van der Waals surface area (Å²) in [5, 5.41) is 0. The van der Waals surface area contributed by atoms with E-state index in [4.69, 9.17) is 9.47 Å². The molecule has 1 amide bonds. The van der Waals surface area contributed by atoms with Gasteiger partial charge in [0.25, 0.3) is 0 Å². The fraction of sp³-hybridized carbons (Fsp3) is 0.556. The van der Waals surface area contributed by atoms with Gasteiger partial charge in [-0.05, 0) is 32.3 Å². The molecule has 0 N–H and O–H groups in total. The Balaban J connectivity index is 1.63. The van der Waals surface area contributed by atoms with Gasteiger partial charge in [-0.2, -0.15) is 0 Å². The summed E-state index contributed by atoms with van der Waals surface area (Å²) in [5.74, 6) is 0.0689. The number of rotatable bonds is 9. The number of unbranched alkanes of at least 4 members (excludes halogenated alkanes) is 1. The Morgan fingerprint density at radius 1 is 1.26 bits per heavy atom. The molecule has 1 aliphatic rings. The number of ketones is 1. The van der Waals surface area contributed by atoms with Gasteiger partial charge in [0, 0.05) is 13.0 Å². The van der Waals surface area contributed by atoms with E-state index in [2.05, 4.69) is 0 Å². The normalized spacial score (nSPS) is 14.9. The molecule has 1 aromatic carbocycles. The third-order valence-corrected chi connectivity index (χ3v) is 4.17. The molecule has 2 rings (SSSR count). The summed E-state index contributed by atoms with van der Waals surface area (Å²) in [5.41, 5.74) is 0.357. The van der Waals surface area contributed by atoms with Crippen LogP contribution in [0.5, 0.6) is 0 Å². The third-order valence-electron chi connectivity index (χ3n) is 4.17. The third kappa shape index (κ3) is 4.79. The average Bonchev–Trinajstić information content (AvgIpc) is 2.98. The van der Waals surface area contributed by atoms with E-state index in [1.807, 2.05) is 30.3 Å². The van der Waals surface area contributed by atoms with E-state index < -0.39 is 11.6 Å². The molecule has 0 radical (unpaired) electrons. The molecule has 0 unspecified atom stereocenters. The Morgan fingerprint density at radius 2 is 2.00 bits per heavy atom. The molecule has 0 spiro atoms. The van der Waals surface area contributed by atoms with E-state index >= 15 is 0 Å². The molecule has 0 bridgehead atoms. The lowest BCUT2D eigenvalue weighted by Crippen LogP contribution is -2.50. The highest BCUT2D eigenvalue weighted by atomic mass is 16.6. The van der Waals surface area contributed by atoms with Crippen molar-refractivity contribution in [2.75, 3.05) is 19.8 Å². The van der Waals surface area contributed by atoms with E-state index in [0.29, 0.717) is 32.8 Å². The van der Waals surface area contributed by atoms with Crippen LogP contribution in [0.1, 0.15) is 38.7 Å². The number of amides is 1. The van der Waals surface area contributed by atoms with E-state index in [1.165, 1.54) is 4.90 Å². The van der Waals surface area contributed by atoms with Gasteiger partial charge in [0.15, 0.2) is 5.78 Å². The van der Waals surface area contributed by atoms with Crippen molar-refractivity contribution in [3.05, 3.63) is 35.9 Å². The lowest BCUT2D eigenvalue weighted by Gasteiger charge is -2.31. The van der Waals surface area contributed by atoms with Crippen LogP contribution in [-0.2, 0) is 20.9 Å². The van der Waals surface area contributed by atoms with Crippen molar-refractivity contribution in [3.63, 3.8) is 0 Å². The fourth-order valence-electron chi connectivity index (χ4n) is 2.61. The van der Waals surface area contributed by atoms with Crippen molar-refractivity contribution in [1.29, 1.82) is 0 Å². The number of ether oxygens (including phenoxy) is 2. The van der Waals surface area contributed by atoms with Gasteiger partial charge >= 0.3 is 6.09 Å². The maximum absolute atomic E-state index is 12.4. The molecule has 126 valence electrons. The van der Waals surface area contributed by atoms with Gasteiger partial charge in [-0.15, -0.1) is 0 Å². The van der Waals surface area contributed by atoms with Gasteiger partial charge < -0.3 is 9.47 Å². The zero-order valence-corrected chi connectivity index (χ0v) is 13.9. The van der Waals surface area contributed by atoms with Crippen molar-refractivity contribution < 1.29 is 19.1 Å². The molecule has 1 aliphatic heterocycles. The van der Waals surface area contributed by atoms with Gasteiger partial charge in [0.05, 0.1) is 18.7 Å². The van der Waals surface area contributed by atoms with Crippen LogP contribution in [0.15, 0.2) is 30.3 Å². The molecular formula is C18H25NO4. The van der Waals surface area contributed by atoms with Gasteiger partial charge in [0.1, 0.15) is 6.61 Å². The van der Waals surface area contributed by atoms with Crippen molar-refractivity contribution >= 4 is 11.9 Å². The van der Waals surface area contributed by atoms with Crippen molar-refractivity contribution in [2.45, 2.75) is 45.3 Å². The molecule has 23 heavy (non-hydrogen) atoms. The van der Waals surface area contributed by atoms with E-state index in [0.717, 1.165) is 18.4 Å². The first kappa shape index (κ1) is 17.5. The second-order valence-electron chi connectivity index (χ2n) is 6.24. The van der Waals surface area contributed by atoms with Crippen molar-refractivity contribution in [3.8, 4) is 0 Å². The van der Waals surface area contributed by atoms with Gasteiger partial charge in [0.2, 0.25) is 0 Å². The highest BCUT2D eigenvalue weighted by Crippen LogP contribution is 2.22. The summed E-state index contributed by atoms with van der Waals surface area (Å²) in [6.45, 7) is 5.65. The van der Waals surface area contributed by atoms with Crippen LogP contribution in [0.3, 0.4) is 0 Å². The Bertz CT molecular complexity index is 527. The Morgan fingerprint density at radius 3 is 2.65 bits per heavy atom. The number of cyclic esters (lactones) is 1. The number of hydrogen-bond acceptors (Lipinski definition) is 4. The van der Waals surface area contributed by atoms with Gasteiger partial charge in [-0.25, -0.2) is 4.79 Å². The number of benzene rings is 1. The zero-order valence-electron chi connectivity index (χ0n) is 13.9. The quantitative estimate of drug-likeness (QED) is 0.656. The standard InChI is InChI=1S/C18H25NO4/c1-18(2,19-11-13-23-17(19)21)16(20)10-6-7-12-22-14-15-8-4-3-5-9-15/h3-5,8-9H,6-7,10-14H2,1-2H3. The summed E-state index contributed by atoms with van der Waals surface area (Å²) in [7, 11) is 0. The molecule has 1 fully saturated rings. The second-order valence-corrected chi connectivity index (χ2v) is 6.24. The SMILES string of the molecule is CC(C)(C(=O)CCCCOCc1ccccc1)N1CCOC1=O. The van der Waals surface area contributed by atoms with Gasteiger partial charge in [-0.1, -0.05) is 30.3 Å². The van der Waals surface area contributed by atoms with E-state index in [-0.39, 0.29) is 5.78 Å². The zero-order chi connectivity index (χ0) is 16.7. The summed E-state index contributed by atoms with van der Waals surface area (Å²) in [4.78, 5) is 25.5. The smallest absolute Gasteiger partial charge is 0.410 e. The topological polar surface area (TPSA) is 55.8 Å². The Hall–Kier alpha value is -1.88. The molecule has 0 saturated carbocycles. The monoisotopic (exact) mass is 319 g/mol. The van der Waals surface area contributed by atoms with Crippen LogP contribution in [-0.4, -0.2) is 42.1 Å². The molecule has 1 saturated heterocycles. The average molecular weight is 319 g/mol. The lowest BCUT2D eigenvalue weighted by atomic mass is 9.93. The minimum atomic E-state index is -0.793. The first-order chi connectivity index (χ1) is 11.0. The summed E-state index contributed by atoms with van der Waals surface area (Å²) in [6, 6.07) is 10.0. The summed E-state index contributed by atoms with van der Waals surface area (Å²) < 4.78 is 10.5. The highest BCUT2D eigenvalue weighted by molar-refractivity contribution is 5.91. The predicted molar refractivity (Wildman–Crippen MR) is 87.1 cm³/mol. The molecule has 5 nitrogen and oxygen atoms in total.